The molecule has 0 N–H and O–H groups in total. The molecule has 108 valence electrons. The van der Waals surface area contributed by atoms with Gasteiger partial charge < -0.3 is 0 Å². The number of hydrogen-bond acceptors (Lipinski definition) is 2. The summed E-state index contributed by atoms with van der Waals surface area (Å²) < 4.78 is 27.6. The molecule has 1 aromatic rings. The zero-order valence-corrected chi connectivity index (χ0v) is 12.9. The number of hydrogen-bond donors (Lipinski definition) is 0. The number of sulfonamides is 1. The van der Waals surface area contributed by atoms with E-state index in [2.05, 4.69) is 13.0 Å². The minimum absolute atomic E-state index is 0.244. The number of nitrogens with zero attached hydrogens (tertiary/aromatic N) is 1. The van der Waals surface area contributed by atoms with Crippen molar-refractivity contribution in [3.8, 4) is 0 Å². The van der Waals surface area contributed by atoms with E-state index in [4.69, 9.17) is 0 Å². The molecule has 0 unspecified atom stereocenters. The summed E-state index contributed by atoms with van der Waals surface area (Å²) in [5.41, 5.74) is 2.16. The Morgan fingerprint density at radius 2 is 1.75 bits per heavy atom. The van der Waals surface area contributed by atoms with Crippen LogP contribution in [0.2, 0.25) is 0 Å². The van der Waals surface area contributed by atoms with E-state index in [1.165, 1.54) is 5.57 Å². The maximum absolute atomic E-state index is 12.9. The average Bonchev–Trinajstić information content (AvgIpc) is 2.37. The zero-order valence-electron chi connectivity index (χ0n) is 12.1. The van der Waals surface area contributed by atoms with Crippen LogP contribution in [0.3, 0.4) is 0 Å². The molecule has 0 saturated heterocycles. The Labute approximate surface area is 121 Å². The molecular weight excluding hydrogens is 270 g/mol. The maximum Gasteiger partial charge on any atom is 0.243 e. The SMILES string of the molecule is CC1=CC2(CCC2)N(S(=O)(=O)c2ccc(C)cc2)CC1. The van der Waals surface area contributed by atoms with Gasteiger partial charge in [-0.2, -0.15) is 4.31 Å². The van der Waals surface area contributed by atoms with Crippen molar-refractivity contribution < 1.29 is 8.42 Å². The fourth-order valence-corrected chi connectivity index (χ4v) is 5.01. The molecule has 1 aromatic carbocycles. The van der Waals surface area contributed by atoms with Gasteiger partial charge in [0.15, 0.2) is 0 Å². The fourth-order valence-electron chi connectivity index (χ4n) is 3.23. The molecule has 3 rings (SSSR count). The molecule has 1 fully saturated rings. The molecular formula is C16H21NO2S. The van der Waals surface area contributed by atoms with Crippen LogP contribution in [0, 0.1) is 6.92 Å². The van der Waals surface area contributed by atoms with Crippen LogP contribution in [0.5, 0.6) is 0 Å². The van der Waals surface area contributed by atoms with Crippen LogP contribution in [0.25, 0.3) is 0 Å². The number of rotatable bonds is 2. The van der Waals surface area contributed by atoms with Crippen molar-refractivity contribution in [3.05, 3.63) is 41.5 Å². The van der Waals surface area contributed by atoms with Crippen molar-refractivity contribution in [3.63, 3.8) is 0 Å². The predicted molar refractivity (Wildman–Crippen MR) is 80.0 cm³/mol. The summed E-state index contributed by atoms with van der Waals surface area (Å²) in [6.07, 6.45) is 6.05. The van der Waals surface area contributed by atoms with Crippen LogP contribution in [0.1, 0.15) is 38.2 Å². The summed E-state index contributed by atoms with van der Waals surface area (Å²) >= 11 is 0. The van der Waals surface area contributed by atoms with Crippen molar-refractivity contribution in [1.82, 2.24) is 4.31 Å². The Morgan fingerprint density at radius 3 is 2.30 bits per heavy atom. The van der Waals surface area contributed by atoms with E-state index >= 15 is 0 Å². The molecule has 0 bridgehead atoms. The summed E-state index contributed by atoms with van der Waals surface area (Å²) in [7, 11) is -3.38. The van der Waals surface area contributed by atoms with Crippen LogP contribution >= 0.6 is 0 Å². The summed E-state index contributed by atoms with van der Waals surface area (Å²) in [5, 5.41) is 0. The average molecular weight is 291 g/mol. The molecule has 1 aliphatic carbocycles. The van der Waals surface area contributed by atoms with Crippen molar-refractivity contribution in [2.24, 2.45) is 0 Å². The standard InChI is InChI=1S/C16H21NO2S/c1-13-4-6-15(7-5-13)20(18,19)17-11-8-14(2)12-16(17)9-3-10-16/h4-7,12H,3,8-11H2,1-2H3. The molecule has 1 aliphatic heterocycles. The maximum atomic E-state index is 12.9. The van der Waals surface area contributed by atoms with Crippen LogP contribution in [0.15, 0.2) is 40.8 Å². The van der Waals surface area contributed by atoms with Crippen molar-refractivity contribution in [2.45, 2.75) is 50.0 Å². The van der Waals surface area contributed by atoms with Gasteiger partial charge >= 0.3 is 0 Å². The first-order valence-corrected chi connectivity index (χ1v) is 8.66. The van der Waals surface area contributed by atoms with E-state index in [-0.39, 0.29) is 5.54 Å². The van der Waals surface area contributed by atoms with Gasteiger partial charge in [0.1, 0.15) is 0 Å². The lowest BCUT2D eigenvalue weighted by atomic mass is 9.74. The summed E-state index contributed by atoms with van der Waals surface area (Å²) in [4.78, 5) is 0.419. The largest absolute Gasteiger partial charge is 0.243 e. The van der Waals surface area contributed by atoms with Gasteiger partial charge in [-0.1, -0.05) is 29.3 Å². The predicted octanol–water partition coefficient (Wildman–Crippen LogP) is 3.26. The highest BCUT2D eigenvalue weighted by Crippen LogP contribution is 2.45. The van der Waals surface area contributed by atoms with Gasteiger partial charge in [0.05, 0.1) is 10.4 Å². The first-order chi connectivity index (χ1) is 9.44. The smallest absolute Gasteiger partial charge is 0.207 e. The van der Waals surface area contributed by atoms with Crippen molar-refractivity contribution >= 4 is 10.0 Å². The molecule has 0 radical (unpaired) electrons. The van der Waals surface area contributed by atoms with Gasteiger partial charge in [0, 0.05) is 6.54 Å². The lowest BCUT2D eigenvalue weighted by molar-refractivity contribution is 0.129. The molecule has 20 heavy (non-hydrogen) atoms. The lowest BCUT2D eigenvalue weighted by Gasteiger charge is -2.50. The van der Waals surface area contributed by atoms with Crippen LogP contribution in [-0.2, 0) is 10.0 Å². The highest BCUT2D eigenvalue weighted by molar-refractivity contribution is 7.89. The topological polar surface area (TPSA) is 37.4 Å². The molecule has 0 aromatic heterocycles. The second-order valence-corrected chi connectivity index (χ2v) is 7.95. The fraction of sp³-hybridized carbons (Fsp3) is 0.500. The van der Waals surface area contributed by atoms with Crippen molar-refractivity contribution in [1.29, 1.82) is 0 Å². The van der Waals surface area contributed by atoms with Gasteiger partial charge in [-0.25, -0.2) is 8.42 Å². The van der Waals surface area contributed by atoms with Gasteiger partial charge in [0.25, 0.3) is 0 Å². The third-order valence-corrected chi connectivity index (χ3v) is 6.54. The Balaban J connectivity index is 2.01. The Bertz CT molecular complexity index is 640. The van der Waals surface area contributed by atoms with E-state index < -0.39 is 10.0 Å². The minimum atomic E-state index is -3.38. The number of aryl methyl sites for hydroxylation is 1. The Morgan fingerprint density at radius 1 is 1.10 bits per heavy atom. The minimum Gasteiger partial charge on any atom is -0.207 e. The summed E-state index contributed by atoms with van der Waals surface area (Å²) in [6.45, 7) is 4.69. The highest BCUT2D eigenvalue weighted by atomic mass is 32.2. The first-order valence-electron chi connectivity index (χ1n) is 7.22. The van der Waals surface area contributed by atoms with E-state index in [0.717, 1.165) is 31.2 Å². The van der Waals surface area contributed by atoms with Crippen LogP contribution < -0.4 is 0 Å². The molecule has 4 heteroatoms. The monoisotopic (exact) mass is 291 g/mol. The molecule has 1 heterocycles. The van der Waals surface area contributed by atoms with E-state index in [1.54, 1.807) is 16.4 Å². The quantitative estimate of drug-likeness (QED) is 0.784. The summed E-state index contributed by atoms with van der Waals surface area (Å²) in [5.74, 6) is 0. The third kappa shape index (κ3) is 2.11. The first kappa shape index (κ1) is 13.8. The van der Waals surface area contributed by atoms with Gasteiger partial charge in [-0.3, -0.25) is 0 Å². The third-order valence-electron chi connectivity index (χ3n) is 4.55. The zero-order chi connectivity index (χ0) is 14.4. The number of benzene rings is 1. The molecule has 1 spiro atoms. The second-order valence-electron chi connectivity index (χ2n) is 6.09. The van der Waals surface area contributed by atoms with Crippen LogP contribution in [0.4, 0.5) is 0 Å². The second kappa shape index (κ2) is 4.71. The van der Waals surface area contributed by atoms with E-state index in [0.29, 0.717) is 11.4 Å². The molecule has 0 atom stereocenters. The van der Waals surface area contributed by atoms with Crippen LogP contribution in [-0.4, -0.2) is 24.8 Å². The highest BCUT2D eigenvalue weighted by Gasteiger charge is 2.48. The van der Waals surface area contributed by atoms with E-state index in [1.807, 2.05) is 19.1 Å². The molecule has 2 aliphatic rings. The normalized spacial score (nSPS) is 22.4. The van der Waals surface area contributed by atoms with Crippen molar-refractivity contribution in [2.75, 3.05) is 6.54 Å². The summed E-state index contributed by atoms with van der Waals surface area (Å²) in [6, 6.07) is 7.18. The van der Waals surface area contributed by atoms with E-state index in [9.17, 15) is 8.42 Å². The molecule has 1 saturated carbocycles. The van der Waals surface area contributed by atoms with Gasteiger partial charge in [-0.05, 0) is 51.7 Å². The Kier molecular flexibility index (Phi) is 3.26. The van der Waals surface area contributed by atoms with Gasteiger partial charge in [-0.15, -0.1) is 0 Å². The molecule has 0 amide bonds. The lowest BCUT2D eigenvalue weighted by Crippen LogP contribution is -2.56. The Hall–Kier alpha value is -1.13. The van der Waals surface area contributed by atoms with Gasteiger partial charge in [0.2, 0.25) is 10.0 Å². The molecule has 3 nitrogen and oxygen atoms in total.